The number of sulfonamides is 1. The average molecular weight is 279 g/mol. The Balaban J connectivity index is 2.47. The summed E-state index contributed by atoms with van der Waals surface area (Å²) < 4.78 is 24.4. The van der Waals surface area contributed by atoms with Gasteiger partial charge in [-0.2, -0.15) is 0 Å². The average Bonchev–Trinajstić information content (AvgIpc) is 2.28. The predicted octanol–water partition coefficient (Wildman–Crippen LogP) is 0.570. The fourth-order valence-electron chi connectivity index (χ4n) is 2.51. The minimum absolute atomic E-state index is 0.148. The first-order chi connectivity index (χ1) is 8.34. The van der Waals surface area contributed by atoms with Crippen molar-refractivity contribution in [1.29, 1.82) is 0 Å². The number of hydrogen-bond acceptors (Lipinski definition) is 4. The molecule has 1 saturated heterocycles. The zero-order chi connectivity index (χ0) is 13.8. The van der Waals surface area contributed by atoms with Crippen LogP contribution in [0.25, 0.3) is 0 Å². The van der Waals surface area contributed by atoms with Gasteiger partial charge in [-0.15, -0.1) is 0 Å². The maximum absolute atomic E-state index is 11.5. The minimum atomic E-state index is -3.14. The van der Waals surface area contributed by atoms with Gasteiger partial charge in [0.05, 0.1) is 18.5 Å². The molecular weight excluding hydrogens is 254 g/mol. The van der Waals surface area contributed by atoms with Gasteiger partial charge in [0, 0.05) is 13.1 Å². The third-order valence-corrected chi connectivity index (χ3v) is 4.82. The number of hydrogen-bond donors (Lipinski definition) is 2. The quantitative estimate of drug-likeness (QED) is 0.745. The molecule has 0 radical (unpaired) electrons. The Morgan fingerprint density at radius 1 is 1.33 bits per heavy atom. The van der Waals surface area contributed by atoms with Crippen LogP contribution < -0.4 is 0 Å². The van der Waals surface area contributed by atoms with Gasteiger partial charge in [-0.1, -0.05) is 13.3 Å². The summed E-state index contributed by atoms with van der Waals surface area (Å²) in [6.45, 7) is 3.00. The van der Waals surface area contributed by atoms with E-state index in [0.29, 0.717) is 25.9 Å². The van der Waals surface area contributed by atoms with Crippen molar-refractivity contribution in [2.24, 2.45) is 5.92 Å². The van der Waals surface area contributed by atoms with Gasteiger partial charge in [0.1, 0.15) is 0 Å². The van der Waals surface area contributed by atoms with Crippen LogP contribution in [0.2, 0.25) is 0 Å². The van der Waals surface area contributed by atoms with Crippen LogP contribution in [0.4, 0.5) is 0 Å². The van der Waals surface area contributed by atoms with Crippen LogP contribution in [-0.4, -0.2) is 54.5 Å². The highest BCUT2D eigenvalue weighted by Crippen LogP contribution is 2.24. The fourth-order valence-corrected chi connectivity index (χ4v) is 3.45. The second kappa shape index (κ2) is 6.84. The molecule has 0 aromatic rings. The van der Waals surface area contributed by atoms with Gasteiger partial charge >= 0.3 is 0 Å². The molecule has 3 unspecified atom stereocenters. The zero-order valence-electron chi connectivity index (χ0n) is 11.2. The highest BCUT2D eigenvalue weighted by Gasteiger charge is 2.28. The summed E-state index contributed by atoms with van der Waals surface area (Å²) in [7, 11) is -3.14. The monoisotopic (exact) mass is 279 g/mol. The summed E-state index contributed by atoms with van der Waals surface area (Å²) in [4.78, 5) is 0. The largest absolute Gasteiger partial charge is 0.390 e. The standard InChI is InChI=1S/C12H25NO4S/c1-3-5-11(14)12(15)8-10-6-4-7-13(9-10)18(2,16)17/h10-12,14-15H,3-9H2,1-2H3. The lowest BCUT2D eigenvalue weighted by Gasteiger charge is -2.32. The van der Waals surface area contributed by atoms with E-state index in [0.717, 1.165) is 19.3 Å². The number of aliphatic hydroxyl groups excluding tert-OH is 2. The van der Waals surface area contributed by atoms with Crippen molar-refractivity contribution in [3.63, 3.8) is 0 Å². The molecule has 1 fully saturated rings. The summed E-state index contributed by atoms with van der Waals surface area (Å²) in [5.41, 5.74) is 0. The lowest BCUT2D eigenvalue weighted by atomic mass is 9.91. The van der Waals surface area contributed by atoms with Gasteiger partial charge in [0.15, 0.2) is 0 Å². The molecule has 0 aliphatic carbocycles. The third kappa shape index (κ3) is 4.84. The first-order valence-electron chi connectivity index (χ1n) is 6.65. The Labute approximate surface area is 110 Å². The molecule has 6 heteroatoms. The molecular formula is C12H25NO4S. The van der Waals surface area contributed by atoms with Crippen molar-refractivity contribution in [3.05, 3.63) is 0 Å². The SMILES string of the molecule is CCCC(O)C(O)CC1CCCN(S(C)(=O)=O)C1. The molecule has 108 valence electrons. The van der Waals surface area contributed by atoms with Crippen LogP contribution >= 0.6 is 0 Å². The molecule has 0 aromatic heterocycles. The highest BCUT2D eigenvalue weighted by molar-refractivity contribution is 7.88. The molecule has 1 heterocycles. The molecule has 3 atom stereocenters. The Morgan fingerprint density at radius 3 is 2.56 bits per heavy atom. The van der Waals surface area contributed by atoms with E-state index in [1.54, 1.807) is 0 Å². The Morgan fingerprint density at radius 2 is 2.00 bits per heavy atom. The lowest BCUT2D eigenvalue weighted by Crippen LogP contribution is -2.41. The van der Waals surface area contributed by atoms with E-state index in [4.69, 9.17) is 0 Å². The smallest absolute Gasteiger partial charge is 0.211 e. The first-order valence-corrected chi connectivity index (χ1v) is 8.50. The summed E-state index contributed by atoms with van der Waals surface area (Å²) in [5, 5.41) is 19.6. The molecule has 0 aromatic carbocycles. The Hall–Kier alpha value is -0.170. The molecule has 5 nitrogen and oxygen atoms in total. The van der Waals surface area contributed by atoms with Gasteiger partial charge < -0.3 is 10.2 Å². The Bertz CT molecular complexity index is 344. The van der Waals surface area contributed by atoms with E-state index < -0.39 is 22.2 Å². The Kier molecular flexibility index (Phi) is 6.04. The van der Waals surface area contributed by atoms with Crippen molar-refractivity contribution in [2.45, 2.75) is 51.2 Å². The highest BCUT2D eigenvalue weighted by atomic mass is 32.2. The molecule has 1 aliphatic rings. The molecule has 18 heavy (non-hydrogen) atoms. The topological polar surface area (TPSA) is 77.8 Å². The predicted molar refractivity (Wildman–Crippen MR) is 70.7 cm³/mol. The third-order valence-electron chi connectivity index (χ3n) is 3.55. The second-order valence-electron chi connectivity index (χ2n) is 5.29. The molecule has 2 N–H and O–H groups in total. The van der Waals surface area contributed by atoms with E-state index in [2.05, 4.69) is 0 Å². The van der Waals surface area contributed by atoms with E-state index in [1.165, 1.54) is 10.6 Å². The van der Waals surface area contributed by atoms with Gasteiger partial charge in [-0.3, -0.25) is 0 Å². The number of nitrogens with zero attached hydrogens (tertiary/aromatic N) is 1. The molecule has 0 bridgehead atoms. The van der Waals surface area contributed by atoms with Gasteiger partial charge in [0.25, 0.3) is 0 Å². The van der Waals surface area contributed by atoms with Crippen molar-refractivity contribution in [2.75, 3.05) is 19.3 Å². The van der Waals surface area contributed by atoms with Crippen LogP contribution in [0, 0.1) is 5.92 Å². The van der Waals surface area contributed by atoms with Crippen molar-refractivity contribution in [3.8, 4) is 0 Å². The maximum atomic E-state index is 11.5. The van der Waals surface area contributed by atoms with Crippen molar-refractivity contribution < 1.29 is 18.6 Å². The zero-order valence-corrected chi connectivity index (χ0v) is 12.1. The van der Waals surface area contributed by atoms with Gasteiger partial charge in [-0.25, -0.2) is 12.7 Å². The lowest BCUT2D eigenvalue weighted by molar-refractivity contribution is -0.00402. The van der Waals surface area contributed by atoms with Crippen molar-refractivity contribution in [1.82, 2.24) is 4.31 Å². The molecule has 0 saturated carbocycles. The van der Waals surface area contributed by atoms with Gasteiger partial charge in [0.2, 0.25) is 10.0 Å². The van der Waals surface area contributed by atoms with E-state index in [1.807, 2.05) is 6.92 Å². The molecule has 1 rings (SSSR count). The summed E-state index contributed by atoms with van der Waals surface area (Å²) in [5.74, 6) is 0.148. The maximum Gasteiger partial charge on any atom is 0.211 e. The van der Waals surface area contributed by atoms with Crippen LogP contribution in [0.1, 0.15) is 39.0 Å². The van der Waals surface area contributed by atoms with Crippen LogP contribution in [0.15, 0.2) is 0 Å². The van der Waals surface area contributed by atoms with Crippen LogP contribution in [0.3, 0.4) is 0 Å². The number of piperidine rings is 1. The van der Waals surface area contributed by atoms with E-state index >= 15 is 0 Å². The van der Waals surface area contributed by atoms with Gasteiger partial charge in [-0.05, 0) is 31.6 Å². The van der Waals surface area contributed by atoms with Crippen LogP contribution in [-0.2, 0) is 10.0 Å². The van der Waals surface area contributed by atoms with Crippen molar-refractivity contribution >= 4 is 10.0 Å². The summed E-state index contributed by atoms with van der Waals surface area (Å²) >= 11 is 0. The number of rotatable bonds is 6. The molecule has 1 aliphatic heterocycles. The summed E-state index contributed by atoms with van der Waals surface area (Å²) in [6.07, 6.45) is 3.43. The van der Waals surface area contributed by atoms with E-state index in [-0.39, 0.29) is 5.92 Å². The van der Waals surface area contributed by atoms with Crippen LogP contribution in [0.5, 0.6) is 0 Å². The molecule has 0 amide bonds. The number of aliphatic hydroxyl groups is 2. The summed E-state index contributed by atoms with van der Waals surface area (Å²) in [6, 6.07) is 0. The van der Waals surface area contributed by atoms with E-state index in [9.17, 15) is 18.6 Å². The second-order valence-corrected chi connectivity index (χ2v) is 7.27. The molecule has 0 spiro atoms. The normalized spacial score (nSPS) is 25.9. The first kappa shape index (κ1) is 15.9. The minimum Gasteiger partial charge on any atom is -0.390 e. The fraction of sp³-hybridized carbons (Fsp3) is 1.00.